The third-order valence-corrected chi connectivity index (χ3v) is 10.3. The second kappa shape index (κ2) is 9.08. The minimum Gasteiger partial charge on any atom is -0.390 e. The molecule has 3 heterocycles. The molecular formula is C29H32N4O2S2. The molecule has 0 spiro atoms. The first-order valence-electron chi connectivity index (χ1n) is 12.8. The van der Waals surface area contributed by atoms with Crippen LogP contribution in [-0.4, -0.2) is 38.9 Å². The van der Waals surface area contributed by atoms with Gasteiger partial charge in [-0.2, -0.15) is 0 Å². The van der Waals surface area contributed by atoms with E-state index >= 15 is 0 Å². The molecule has 37 heavy (non-hydrogen) atoms. The number of hydrogen-bond donors (Lipinski definition) is 4. The Kier molecular flexibility index (Phi) is 6.10. The summed E-state index contributed by atoms with van der Waals surface area (Å²) in [5.74, 6) is 0.0932. The van der Waals surface area contributed by atoms with E-state index in [2.05, 4.69) is 53.6 Å². The molecule has 0 amide bonds. The SMILES string of the molecule is C[C@@H]1CNCCC1(O)c1ncc(-c2nc(-c3ccc(C4(N)CC(C)(O)C4)cc3)c(-c3ccccc3)s2)s1. The number of hydrogen-bond acceptors (Lipinski definition) is 8. The number of benzene rings is 2. The van der Waals surface area contributed by atoms with Gasteiger partial charge in [-0.05, 0) is 43.9 Å². The van der Waals surface area contributed by atoms with Crippen molar-refractivity contribution in [3.63, 3.8) is 0 Å². The molecule has 1 unspecified atom stereocenters. The Bertz CT molecular complexity index is 1410. The number of nitrogens with two attached hydrogens (primary N) is 1. The fourth-order valence-electron chi connectivity index (χ4n) is 5.78. The summed E-state index contributed by atoms with van der Waals surface area (Å²) >= 11 is 3.20. The number of nitrogens with one attached hydrogen (secondary N) is 1. The van der Waals surface area contributed by atoms with Gasteiger partial charge in [-0.25, -0.2) is 9.97 Å². The van der Waals surface area contributed by atoms with Gasteiger partial charge in [-0.3, -0.25) is 0 Å². The molecule has 1 saturated heterocycles. The van der Waals surface area contributed by atoms with E-state index in [9.17, 15) is 10.2 Å². The Morgan fingerprint density at radius 3 is 2.41 bits per heavy atom. The van der Waals surface area contributed by atoms with Crippen LogP contribution in [0.1, 0.15) is 43.7 Å². The van der Waals surface area contributed by atoms with E-state index in [4.69, 9.17) is 10.7 Å². The van der Waals surface area contributed by atoms with Gasteiger partial charge in [0.05, 0.1) is 21.0 Å². The van der Waals surface area contributed by atoms with E-state index in [1.807, 2.05) is 31.3 Å². The average molecular weight is 533 g/mol. The van der Waals surface area contributed by atoms with Crippen molar-refractivity contribution in [3.8, 4) is 31.6 Å². The number of aromatic nitrogens is 2. The van der Waals surface area contributed by atoms with Crippen molar-refractivity contribution < 1.29 is 10.2 Å². The van der Waals surface area contributed by atoms with Crippen molar-refractivity contribution in [1.29, 1.82) is 0 Å². The van der Waals surface area contributed by atoms with Crippen LogP contribution in [0, 0.1) is 5.92 Å². The summed E-state index contributed by atoms with van der Waals surface area (Å²) in [4.78, 5) is 11.8. The zero-order chi connectivity index (χ0) is 25.8. The molecular weight excluding hydrogens is 500 g/mol. The monoisotopic (exact) mass is 532 g/mol. The molecule has 1 aliphatic heterocycles. The maximum Gasteiger partial charge on any atom is 0.136 e. The van der Waals surface area contributed by atoms with Crippen LogP contribution in [0.4, 0.5) is 0 Å². The molecule has 4 aromatic rings. The highest BCUT2D eigenvalue weighted by Gasteiger charge is 2.49. The molecule has 6 nitrogen and oxygen atoms in total. The van der Waals surface area contributed by atoms with Crippen molar-refractivity contribution >= 4 is 22.7 Å². The third-order valence-electron chi connectivity index (χ3n) is 7.82. The molecule has 6 rings (SSSR count). The topological polar surface area (TPSA) is 104 Å². The minimum absolute atomic E-state index is 0.0932. The predicted molar refractivity (Wildman–Crippen MR) is 150 cm³/mol. The van der Waals surface area contributed by atoms with Crippen LogP contribution in [0.15, 0.2) is 60.8 Å². The van der Waals surface area contributed by atoms with Crippen molar-refractivity contribution in [2.75, 3.05) is 13.1 Å². The number of piperidine rings is 1. The molecule has 1 saturated carbocycles. The summed E-state index contributed by atoms with van der Waals surface area (Å²) in [6, 6.07) is 18.6. The number of rotatable bonds is 5. The first kappa shape index (κ1) is 24.9. The number of aliphatic hydroxyl groups is 2. The van der Waals surface area contributed by atoms with E-state index in [-0.39, 0.29) is 5.92 Å². The maximum atomic E-state index is 11.4. The van der Waals surface area contributed by atoms with E-state index in [1.54, 1.807) is 22.7 Å². The lowest BCUT2D eigenvalue weighted by Crippen LogP contribution is -2.58. The highest BCUT2D eigenvalue weighted by molar-refractivity contribution is 7.23. The van der Waals surface area contributed by atoms with Crippen LogP contribution in [0.5, 0.6) is 0 Å². The van der Waals surface area contributed by atoms with Gasteiger partial charge in [0.25, 0.3) is 0 Å². The molecule has 2 atom stereocenters. The second-order valence-electron chi connectivity index (χ2n) is 11.0. The van der Waals surface area contributed by atoms with Crippen LogP contribution >= 0.6 is 22.7 Å². The van der Waals surface area contributed by atoms with Crippen LogP contribution in [0.2, 0.25) is 0 Å². The van der Waals surface area contributed by atoms with Crippen LogP contribution in [0.25, 0.3) is 31.6 Å². The molecule has 2 aromatic heterocycles. The highest BCUT2D eigenvalue weighted by atomic mass is 32.1. The van der Waals surface area contributed by atoms with Gasteiger partial charge in [0.2, 0.25) is 0 Å². The molecule has 2 aromatic carbocycles. The zero-order valence-corrected chi connectivity index (χ0v) is 22.7. The van der Waals surface area contributed by atoms with Gasteiger partial charge in [0.1, 0.15) is 15.6 Å². The van der Waals surface area contributed by atoms with Crippen LogP contribution in [-0.2, 0) is 11.1 Å². The average Bonchev–Trinajstić information content (AvgIpc) is 3.54. The highest BCUT2D eigenvalue weighted by Crippen LogP contribution is 2.48. The number of nitrogens with zero attached hydrogens (tertiary/aromatic N) is 2. The van der Waals surface area contributed by atoms with Gasteiger partial charge < -0.3 is 21.3 Å². The largest absolute Gasteiger partial charge is 0.390 e. The van der Waals surface area contributed by atoms with Crippen LogP contribution in [0.3, 0.4) is 0 Å². The summed E-state index contributed by atoms with van der Waals surface area (Å²) in [5, 5.41) is 26.6. The fourth-order valence-corrected chi connectivity index (χ4v) is 8.06. The van der Waals surface area contributed by atoms with E-state index in [0.717, 1.165) is 55.2 Å². The Hall–Kier alpha value is -2.46. The lowest BCUT2D eigenvalue weighted by Gasteiger charge is -2.49. The van der Waals surface area contributed by atoms with E-state index < -0.39 is 16.7 Å². The van der Waals surface area contributed by atoms with E-state index in [1.165, 1.54) is 0 Å². The zero-order valence-electron chi connectivity index (χ0n) is 21.1. The van der Waals surface area contributed by atoms with Gasteiger partial charge in [0, 0.05) is 29.8 Å². The smallest absolute Gasteiger partial charge is 0.136 e. The van der Waals surface area contributed by atoms with Crippen molar-refractivity contribution in [3.05, 3.63) is 71.4 Å². The normalized spacial score (nSPS) is 29.7. The third kappa shape index (κ3) is 4.46. The molecule has 1 aliphatic carbocycles. The Labute approximate surface area is 225 Å². The molecule has 5 N–H and O–H groups in total. The van der Waals surface area contributed by atoms with Gasteiger partial charge >= 0.3 is 0 Å². The van der Waals surface area contributed by atoms with Gasteiger partial charge in [-0.15, -0.1) is 22.7 Å². The van der Waals surface area contributed by atoms with Gasteiger partial charge in [0.15, 0.2) is 0 Å². The molecule has 192 valence electrons. The van der Waals surface area contributed by atoms with Crippen molar-refractivity contribution in [2.45, 2.75) is 49.9 Å². The molecule has 8 heteroatoms. The molecule has 0 radical (unpaired) electrons. The lowest BCUT2D eigenvalue weighted by molar-refractivity contribution is -0.0738. The van der Waals surface area contributed by atoms with Crippen molar-refractivity contribution in [1.82, 2.24) is 15.3 Å². The predicted octanol–water partition coefficient (Wildman–Crippen LogP) is 5.12. The first-order chi connectivity index (χ1) is 17.7. The lowest BCUT2D eigenvalue weighted by atomic mass is 9.63. The summed E-state index contributed by atoms with van der Waals surface area (Å²) in [5.41, 5.74) is 8.59. The minimum atomic E-state index is -0.906. The van der Waals surface area contributed by atoms with E-state index in [0.29, 0.717) is 19.3 Å². The molecule has 2 aliphatic rings. The van der Waals surface area contributed by atoms with Crippen molar-refractivity contribution in [2.24, 2.45) is 11.7 Å². The fraction of sp³-hybridized carbons (Fsp3) is 0.379. The Morgan fingerprint density at radius 1 is 1.00 bits per heavy atom. The summed E-state index contributed by atoms with van der Waals surface area (Å²) in [6.07, 6.45) is 3.63. The second-order valence-corrected chi connectivity index (χ2v) is 13.0. The summed E-state index contributed by atoms with van der Waals surface area (Å²) in [6.45, 7) is 5.47. The Balaban J connectivity index is 1.37. The number of thiazole rings is 2. The Morgan fingerprint density at radius 2 is 1.73 bits per heavy atom. The van der Waals surface area contributed by atoms with Gasteiger partial charge in [-0.1, -0.05) is 61.5 Å². The maximum absolute atomic E-state index is 11.4. The van der Waals surface area contributed by atoms with Crippen LogP contribution < -0.4 is 11.1 Å². The summed E-state index contributed by atoms with van der Waals surface area (Å²) in [7, 11) is 0. The standard InChI is InChI=1S/C29H32N4O2S2/c1-18-14-31-13-12-29(18,35)26-32-15-22(36-26)25-33-23(24(37-25)20-6-4-3-5-7-20)19-8-10-21(11-9-19)28(30)16-27(2,34)17-28/h3-11,15,18,31,34-35H,12-14,16-17,30H2,1-2H3/t18-,27?,28?,29?/m1/s1. The summed E-state index contributed by atoms with van der Waals surface area (Å²) < 4.78 is 0. The molecule has 0 bridgehead atoms. The first-order valence-corrected chi connectivity index (χ1v) is 14.4. The quantitative estimate of drug-likeness (QED) is 0.285. The molecule has 2 fully saturated rings.